The highest BCUT2D eigenvalue weighted by Gasteiger charge is 2.11. The van der Waals surface area contributed by atoms with Gasteiger partial charge in [0, 0.05) is 11.6 Å². The van der Waals surface area contributed by atoms with E-state index in [4.69, 9.17) is 10.5 Å². The van der Waals surface area contributed by atoms with E-state index in [0.29, 0.717) is 11.3 Å². The molecule has 0 atom stereocenters. The molecule has 16 heavy (non-hydrogen) atoms. The molecule has 0 aliphatic heterocycles. The van der Waals surface area contributed by atoms with Crippen LogP contribution in [0.25, 0.3) is 6.08 Å². The fourth-order valence-corrected chi connectivity index (χ4v) is 1.45. The SMILES string of the molecule is COc1c(C)c(C)cc(/C=C/C(N)=O)c1O. The first-order valence-electron chi connectivity index (χ1n) is 4.82. The molecule has 3 N–H and O–H groups in total. The maximum Gasteiger partial charge on any atom is 0.241 e. The van der Waals surface area contributed by atoms with Crippen LogP contribution >= 0.6 is 0 Å². The molecule has 0 aliphatic rings. The minimum atomic E-state index is -0.559. The Morgan fingerprint density at radius 3 is 2.62 bits per heavy atom. The highest BCUT2D eigenvalue weighted by atomic mass is 16.5. The summed E-state index contributed by atoms with van der Waals surface area (Å²) < 4.78 is 5.10. The number of benzene rings is 1. The lowest BCUT2D eigenvalue weighted by Crippen LogP contribution is -2.05. The summed E-state index contributed by atoms with van der Waals surface area (Å²) in [5.41, 5.74) is 7.35. The Morgan fingerprint density at radius 1 is 1.50 bits per heavy atom. The molecule has 1 rings (SSSR count). The van der Waals surface area contributed by atoms with Crippen LogP contribution in [0, 0.1) is 13.8 Å². The fraction of sp³-hybridized carbons (Fsp3) is 0.250. The third-order valence-corrected chi connectivity index (χ3v) is 2.42. The van der Waals surface area contributed by atoms with Gasteiger partial charge in [0.05, 0.1) is 7.11 Å². The monoisotopic (exact) mass is 221 g/mol. The molecule has 0 unspecified atom stereocenters. The van der Waals surface area contributed by atoms with Crippen molar-refractivity contribution in [1.29, 1.82) is 0 Å². The predicted octanol–water partition coefficient (Wildman–Crippen LogP) is 1.52. The highest BCUT2D eigenvalue weighted by Crippen LogP contribution is 2.36. The van der Waals surface area contributed by atoms with Crippen LogP contribution in [0.2, 0.25) is 0 Å². The standard InChI is InChI=1S/C12H15NO3/c1-7-6-9(4-5-10(13)14)11(15)12(16-3)8(7)2/h4-6,15H,1-3H3,(H2,13,14)/b5-4+. The van der Waals surface area contributed by atoms with E-state index in [1.807, 2.05) is 13.8 Å². The molecule has 4 heteroatoms. The maximum atomic E-state index is 10.6. The predicted molar refractivity (Wildman–Crippen MR) is 62.4 cm³/mol. The number of amides is 1. The number of aromatic hydroxyl groups is 1. The molecule has 86 valence electrons. The first-order chi connectivity index (χ1) is 7.47. The van der Waals surface area contributed by atoms with Crippen LogP contribution in [0.4, 0.5) is 0 Å². The van der Waals surface area contributed by atoms with Crippen LogP contribution in [0.5, 0.6) is 11.5 Å². The molecule has 0 bridgehead atoms. The van der Waals surface area contributed by atoms with Gasteiger partial charge in [-0.3, -0.25) is 4.79 Å². The van der Waals surface area contributed by atoms with Gasteiger partial charge < -0.3 is 15.6 Å². The number of primary amides is 1. The molecule has 0 fully saturated rings. The highest BCUT2D eigenvalue weighted by molar-refractivity contribution is 5.91. The van der Waals surface area contributed by atoms with E-state index in [-0.39, 0.29) is 5.75 Å². The second-order valence-corrected chi connectivity index (χ2v) is 3.53. The Labute approximate surface area is 94.3 Å². The molecule has 1 aromatic rings. The van der Waals surface area contributed by atoms with E-state index < -0.39 is 5.91 Å². The number of phenols is 1. The van der Waals surface area contributed by atoms with Crippen molar-refractivity contribution in [3.63, 3.8) is 0 Å². The molecule has 0 aromatic heterocycles. The second-order valence-electron chi connectivity index (χ2n) is 3.53. The Hall–Kier alpha value is -1.97. The van der Waals surface area contributed by atoms with Crippen LogP contribution in [-0.4, -0.2) is 18.1 Å². The summed E-state index contributed by atoms with van der Waals surface area (Å²) in [6, 6.07) is 1.77. The fourth-order valence-electron chi connectivity index (χ4n) is 1.45. The first-order valence-corrected chi connectivity index (χ1v) is 4.82. The summed E-state index contributed by atoms with van der Waals surface area (Å²) in [7, 11) is 1.49. The summed E-state index contributed by atoms with van der Waals surface area (Å²) in [4.78, 5) is 10.6. The Bertz CT molecular complexity index is 450. The molecular weight excluding hydrogens is 206 g/mol. The van der Waals surface area contributed by atoms with Crippen molar-refractivity contribution in [2.24, 2.45) is 5.73 Å². The average molecular weight is 221 g/mol. The number of carbonyl (C=O) groups excluding carboxylic acids is 1. The largest absolute Gasteiger partial charge is 0.504 e. The molecule has 0 saturated heterocycles. The summed E-state index contributed by atoms with van der Waals surface area (Å²) in [5, 5.41) is 9.88. The zero-order valence-electron chi connectivity index (χ0n) is 9.57. The van der Waals surface area contributed by atoms with Gasteiger partial charge in [0.15, 0.2) is 11.5 Å². The van der Waals surface area contributed by atoms with Crippen molar-refractivity contribution >= 4 is 12.0 Å². The average Bonchev–Trinajstić information content (AvgIpc) is 2.22. The van der Waals surface area contributed by atoms with Gasteiger partial charge in [0.2, 0.25) is 5.91 Å². The van der Waals surface area contributed by atoms with E-state index in [1.165, 1.54) is 19.3 Å². The molecule has 0 radical (unpaired) electrons. The van der Waals surface area contributed by atoms with E-state index >= 15 is 0 Å². The molecule has 0 spiro atoms. The Morgan fingerprint density at radius 2 is 2.12 bits per heavy atom. The van der Waals surface area contributed by atoms with Gasteiger partial charge in [0.1, 0.15) is 0 Å². The van der Waals surface area contributed by atoms with Crippen LogP contribution in [0.3, 0.4) is 0 Å². The van der Waals surface area contributed by atoms with Gasteiger partial charge in [-0.05, 0) is 37.1 Å². The number of phenolic OH excluding ortho intramolecular Hbond substituents is 1. The lowest BCUT2D eigenvalue weighted by molar-refractivity contribution is -0.113. The van der Waals surface area contributed by atoms with Gasteiger partial charge in [0.25, 0.3) is 0 Å². The second kappa shape index (κ2) is 4.70. The van der Waals surface area contributed by atoms with E-state index in [2.05, 4.69) is 0 Å². The number of aryl methyl sites for hydroxylation is 1. The van der Waals surface area contributed by atoms with Crippen LogP contribution in [-0.2, 0) is 4.79 Å². The summed E-state index contributed by atoms with van der Waals surface area (Å²) in [6.07, 6.45) is 2.66. The maximum absolute atomic E-state index is 10.6. The van der Waals surface area contributed by atoms with Gasteiger partial charge in [-0.2, -0.15) is 0 Å². The Kier molecular flexibility index (Phi) is 3.55. The number of hydrogen-bond acceptors (Lipinski definition) is 3. The lowest BCUT2D eigenvalue weighted by Gasteiger charge is -2.12. The number of rotatable bonds is 3. The van der Waals surface area contributed by atoms with E-state index in [9.17, 15) is 9.90 Å². The smallest absolute Gasteiger partial charge is 0.241 e. The summed E-state index contributed by atoms with van der Waals surface area (Å²) >= 11 is 0. The van der Waals surface area contributed by atoms with Gasteiger partial charge in [-0.15, -0.1) is 0 Å². The number of nitrogens with two attached hydrogens (primary N) is 1. The molecule has 1 aromatic carbocycles. The third kappa shape index (κ3) is 2.34. The molecule has 4 nitrogen and oxygen atoms in total. The molecule has 1 amide bonds. The third-order valence-electron chi connectivity index (χ3n) is 2.42. The van der Waals surface area contributed by atoms with Crippen molar-refractivity contribution in [3.8, 4) is 11.5 Å². The first kappa shape index (κ1) is 12.1. The minimum Gasteiger partial charge on any atom is -0.504 e. The van der Waals surface area contributed by atoms with Crippen LogP contribution in [0.15, 0.2) is 12.1 Å². The molecule has 0 aliphatic carbocycles. The zero-order valence-corrected chi connectivity index (χ0v) is 9.57. The molecular formula is C12H15NO3. The van der Waals surface area contributed by atoms with Gasteiger partial charge in [-0.25, -0.2) is 0 Å². The number of methoxy groups -OCH3 is 1. The van der Waals surface area contributed by atoms with Crippen molar-refractivity contribution in [2.45, 2.75) is 13.8 Å². The molecule has 0 heterocycles. The van der Waals surface area contributed by atoms with Crippen LogP contribution in [0.1, 0.15) is 16.7 Å². The van der Waals surface area contributed by atoms with Crippen LogP contribution < -0.4 is 10.5 Å². The zero-order chi connectivity index (χ0) is 12.3. The van der Waals surface area contributed by atoms with Gasteiger partial charge >= 0.3 is 0 Å². The number of ether oxygens (including phenoxy) is 1. The Balaban J connectivity index is 3.31. The minimum absolute atomic E-state index is 0.0168. The van der Waals surface area contributed by atoms with Gasteiger partial charge in [-0.1, -0.05) is 0 Å². The normalized spacial score (nSPS) is 10.7. The lowest BCUT2D eigenvalue weighted by atomic mass is 10.0. The quantitative estimate of drug-likeness (QED) is 0.760. The summed E-state index contributed by atoms with van der Waals surface area (Å²) in [6.45, 7) is 3.76. The van der Waals surface area contributed by atoms with Crippen molar-refractivity contribution in [3.05, 3.63) is 28.8 Å². The van der Waals surface area contributed by atoms with Crippen molar-refractivity contribution in [2.75, 3.05) is 7.11 Å². The summed E-state index contributed by atoms with van der Waals surface area (Å²) in [5.74, 6) is -0.121. The van der Waals surface area contributed by atoms with E-state index in [1.54, 1.807) is 6.07 Å². The number of hydrogen-bond donors (Lipinski definition) is 2. The van der Waals surface area contributed by atoms with E-state index in [0.717, 1.165) is 11.1 Å². The number of carbonyl (C=O) groups is 1. The van der Waals surface area contributed by atoms with Crippen molar-refractivity contribution in [1.82, 2.24) is 0 Å². The topological polar surface area (TPSA) is 72.5 Å². The van der Waals surface area contributed by atoms with Crippen molar-refractivity contribution < 1.29 is 14.6 Å². The molecule has 0 saturated carbocycles.